The number of hydrogen-bond donors (Lipinski definition) is 2. The monoisotopic (exact) mass is 682 g/mol. The van der Waals surface area contributed by atoms with Gasteiger partial charge in [0.05, 0.1) is 42.8 Å². The van der Waals surface area contributed by atoms with Crippen LogP contribution in [0.4, 0.5) is 0 Å². The van der Waals surface area contributed by atoms with Crippen molar-refractivity contribution in [2.75, 3.05) is 0 Å². The van der Waals surface area contributed by atoms with Crippen molar-refractivity contribution in [2.45, 2.75) is 0 Å². The molecular weight excluding hydrogens is 666 g/mol. The minimum Gasteiger partial charge on any atom is -0.354 e. The van der Waals surface area contributed by atoms with Crippen molar-refractivity contribution in [2.24, 2.45) is 0 Å². The van der Waals surface area contributed by atoms with Gasteiger partial charge in [0.15, 0.2) is 0 Å². The Hall–Kier alpha value is -3.38. The van der Waals surface area contributed by atoms with E-state index in [0.29, 0.717) is 0 Å². The van der Waals surface area contributed by atoms with Gasteiger partial charge in [-0.15, -0.1) is 0 Å². The predicted octanol–water partition coefficient (Wildman–Crippen LogP) is 9.51. The third-order valence-electron chi connectivity index (χ3n) is 6.75. The van der Waals surface area contributed by atoms with Crippen LogP contribution < -0.4 is 0 Å². The van der Waals surface area contributed by atoms with E-state index < -0.39 is 0 Å². The van der Waals surface area contributed by atoms with E-state index in [4.69, 9.17) is 9.97 Å². The molecule has 0 fully saturated rings. The van der Waals surface area contributed by atoms with E-state index in [1.807, 2.05) is 24.3 Å². The van der Waals surface area contributed by atoms with Crippen LogP contribution in [0.2, 0.25) is 0 Å². The maximum absolute atomic E-state index is 5.04. The number of rotatable bonds is 2. The zero-order valence-electron chi connectivity index (χ0n) is 20.7. The van der Waals surface area contributed by atoms with Crippen molar-refractivity contribution in [1.29, 1.82) is 0 Å². The topological polar surface area (TPSA) is 57.4 Å². The fourth-order valence-corrected chi connectivity index (χ4v) is 5.86. The number of hydrogen-bond acceptors (Lipinski definition) is 2. The van der Waals surface area contributed by atoms with E-state index >= 15 is 0 Å². The first-order chi connectivity index (χ1) is 18.7. The molecule has 2 aliphatic rings. The molecule has 5 aromatic rings. The third kappa shape index (κ3) is 4.69. The van der Waals surface area contributed by atoms with Crippen LogP contribution in [-0.2, 0) is 19.5 Å². The molecule has 0 unspecified atom stereocenters. The second kappa shape index (κ2) is 10.7. The number of halogens is 2. The number of fused-ring (bicyclic) bond motifs is 8. The maximum atomic E-state index is 5.04. The first kappa shape index (κ1) is 25.9. The molecule has 7 heteroatoms. The molecule has 0 saturated carbocycles. The van der Waals surface area contributed by atoms with Crippen molar-refractivity contribution in [1.82, 2.24) is 19.9 Å². The summed E-state index contributed by atoms with van der Waals surface area (Å²) in [5.74, 6) is 0. The van der Waals surface area contributed by atoms with Gasteiger partial charge in [-0.2, -0.15) is 0 Å². The van der Waals surface area contributed by atoms with Gasteiger partial charge in [0.2, 0.25) is 0 Å². The van der Waals surface area contributed by atoms with Crippen molar-refractivity contribution >= 4 is 78.2 Å². The standard InChI is InChI=1S/C32H20Br2N4.Zn/c33-31-25-15-11-21(35-25)29(19-7-3-1-4-8-19)22-12-16-26(36-22)32(34)28-18-14-24(38-28)30(20-9-5-2-6-10-20)23-13-17-27(31)37-23;/h1-18,35,37H;. The number of H-pyrrole nitrogens is 2. The number of nitrogens with zero attached hydrogens (tertiary/aromatic N) is 2. The molecule has 39 heavy (non-hydrogen) atoms. The molecule has 2 N–H and O–H groups in total. The van der Waals surface area contributed by atoms with Crippen molar-refractivity contribution in [3.8, 4) is 22.3 Å². The number of benzene rings is 2. The molecule has 5 heterocycles. The molecule has 0 atom stereocenters. The van der Waals surface area contributed by atoms with Crippen LogP contribution in [0.5, 0.6) is 0 Å². The quantitative estimate of drug-likeness (QED) is 0.178. The van der Waals surface area contributed by atoms with E-state index in [-0.39, 0.29) is 19.5 Å². The summed E-state index contributed by atoms with van der Waals surface area (Å²) in [5.41, 5.74) is 11.7. The summed E-state index contributed by atoms with van der Waals surface area (Å²) in [5, 5.41) is 0. The Balaban J connectivity index is 0.00000277. The van der Waals surface area contributed by atoms with Crippen LogP contribution in [0.1, 0.15) is 22.8 Å². The summed E-state index contributed by atoms with van der Waals surface area (Å²) < 4.78 is 1.81. The van der Waals surface area contributed by atoms with E-state index in [1.165, 1.54) is 0 Å². The van der Waals surface area contributed by atoms with E-state index in [0.717, 1.165) is 76.0 Å². The molecule has 4 nitrogen and oxygen atoms in total. The molecule has 0 aliphatic carbocycles. The summed E-state index contributed by atoms with van der Waals surface area (Å²) >= 11 is 7.66. The molecule has 2 aliphatic heterocycles. The predicted molar refractivity (Wildman–Crippen MR) is 165 cm³/mol. The molecule has 3 aromatic heterocycles. The van der Waals surface area contributed by atoms with Crippen LogP contribution in [0.15, 0.2) is 93.9 Å². The van der Waals surface area contributed by atoms with Crippen LogP contribution in [-0.4, -0.2) is 19.9 Å². The smallest absolute Gasteiger partial charge is 0.0801 e. The van der Waals surface area contributed by atoms with Gasteiger partial charge in [0.1, 0.15) is 0 Å². The Kier molecular flexibility index (Phi) is 7.07. The van der Waals surface area contributed by atoms with Crippen LogP contribution in [0.3, 0.4) is 0 Å². The van der Waals surface area contributed by atoms with Crippen molar-refractivity contribution in [3.05, 3.63) is 117 Å². The molecule has 7 rings (SSSR count). The van der Waals surface area contributed by atoms with Gasteiger partial charge in [0, 0.05) is 41.6 Å². The van der Waals surface area contributed by atoms with Gasteiger partial charge in [-0.25, -0.2) is 9.97 Å². The fourth-order valence-electron chi connectivity index (χ4n) is 4.95. The number of aromatic nitrogens is 4. The maximum Gasteiger partial charge on any atom is 0.0801 e. The Morgan fingerprint density at radius 3 is 1.26 bits per heavy atom. The normalized spacial score (nSPS) is 11.9. The number of aromatic amines is 2. The third-order valence-corrected chi connectivity index (χ3v) is 8.42. The second-order valence-corrected chi connectivity index (χ2v) is 10.7. The van der Waals surface area contributed by atoms with Gasteiger partial charge in [-0.1, -0.05) is 60.7 Å². The van der Waals surface area contributed by atoms with Gasteiger partial charge >= 0.3 is 0 Å². The molecule has 0 spiro atoms. The van der Waals surface area contributed by atoms with Gasteiger partial charge in [-0.3, -0.25) is 0 Å². The van der Waals surface area contributed by atoms with E-state index in [1.54, 1.807) is 0 Å². The Bertz CT molecular complexity index is 1800. The molecule has 0 amide bonds. The Morgan fingerprint density at radius 2 is 0.821 bits per heavy atom. The van der Waals surface area contributed by atoms with Crippen LogP contribution in [0, 0.1) is 0 Å². The summed E-state index contributed by atoms with van der Waals surface area (Å²) in [6, 6.07) is 29.1. The second-order valence-electron chi connectivity index (χ2n) is 9.11. The molecule has 184 valence electrons. The SMILES string of the molecule is Brc1c2nc(c(-c3ccccc3)c3ccc([nH]3)c(Br)c3ccc([nH]3)c(-c3ccccc3)c3nc1C=C3)C=C2.[Zn]. The summed E-state index contributed by atoms with van der Waals surface area (Å²) in [4.78, 5) is 17.3. The van der Waals surface area contributed by atoms with Crippen LogP contribution >= 0.6 is 31.9 Å². The number of nitrogens with one attached hydrogen (secondary N) is 2. The van der Waals surface area contributed by atoms with Gasteiger partial charge in [0.25, 0.3) is 0 Å². The average molecular weight is 686 g/mol. The van der Waals surface area contributed by atoms with Crippen molar-refractivity contribution < 1.29 is 19.5 Å². The Labute approximate surface area is 255 Å². The molecule has 0 radical (unpaired) electrons. The fraction of sp³-hybridized carbons (Fsp3) is 0. The molecular formula is C32H20Br2N4Zn. The van der Waals surface area contributed by atoms with Gasteiger partial charge in [-0.05, 0) is 91.6 Å². The van der Waals surface area contributed by atoms with E-state index in [2.05, 4.69) is 127 Å². The van der Waals surface area contributed by atoms with E-state index in [9.17, 15) is 0 Å². The first-order valence-corrected chi connectivity index (χ1v) is 13.8. The first-order valence-electron chi connectivity index (χ1n) is 12.2. The summed E-state index contributed by atoms with van der Waals surface area (Å²) in [7, 11) is 0. The molecule has 0 saturated heterocycles. The minimum absolute atomic E-state index is 0. The average Bonchev–Trinajstić information content (AvgIpc) is 3.77. The Morgan fingerprint density at radius 1 is 0.436 bits per heavy atom. The molecule has 8 bridgehead atoms. The van der Waals surface area contributed by atoms with Crippen molar-refractivity contribution in [3.63, 3.8) is 0 Å². The van der Waals surface area contributed by atoms with Crippen LogP contribution in [0.25, 0.3) is 68.6 Å². The minimum atomic E-state index is 0. The summed E-state index contributed by atoms with van der Waals surface area (Å²) in [6.07, 6.45) is 8.22. The van der Waals surface area contributed by atoms with Gasteiger partial charge < -0.3 is 9.97 Å². The molecule has 2 aromatic carbocycles. The largest absolute Gasteiger partial charge is 0.354 e. The summed E-state index contributed by atoms with van der Waals surface area (Å²) in [6.45, 7) is 0. The zero-order valence-corrected chi connectivity index (χ0v) is 26.9. The zero-order chi connectivity index (χ0) is 25.6.